The fourth-order valence-electron chi connectivity index (χ4n) is 3.88. The van der Waals surface area contributed by atoms with E-state index in [-0.39, 0.29) is 6.10 Å². The lowest BCUT2D eigenvalue weighted by Crippen LogP contribution is -2.42. The zero-order valence-electron chi connectivity index (χ0n) is 15.9. The van der Waals surface area contributed by atoms with E-state index in [4.69, 9.17) is 14.2 Å². The number of methoxy groups -OCH3 is 1. The number of anilines is 1. The number of para-hydroxylation sites is 4. The summed E-state index contributed by atoms with van der Waals surface area (Å²) < 4.78 is 17.3. The Morgan fingerprint density at radius 1 is 1.00 bits per heavy atom. The molecule has 0 saturated carbocycles. The Bertz CT molecular complexity index is 744. The van der Waals surface area contributed by atoms with Crippen molar-refractivity contribution in [2.45, 2.75) is 18.9 Å². The van der Waals surface area contributed by atoms with Crippen molar-refractivity contribution in [1.29, 1.82) is 0 Å². The van der Waals surface area contributed by atoms with E-state index in [0.717, 1.165) is 43.4 Å². The summed E-state index contributed by atoms with van der Waals surface area (Å²) in [5.41, 5.74) is 1.21. The van der Waals surface area contributed by atoms with Gasteiger partial charge in [0.1, 0.15) is 18.5 Å². The quantitative estimate of drug-likeness (QED) is 0.847. The summed E-state index contributed by atoms with van der Waals surface area (Å²) in [5, 5.41) is 3.58. The van der Waals surface area contributed by atoms with Gasteiger partial charge in [0.15, 0.2) is 11.5 Å². The van der Waals surface area contributed by atoms with Gasteiger partial charge < -0.3 is 24.4 Å². The average Bonchev–Trinajstić information content (AvgIpc) is 2.74. The second kappa shape index (κ2) is 8.53. The van der Waals surface area contributed by atoms with Crippen LogP contribution in [-0.2, 0) is 0 Å². The molecule has 1 fully saturated rings. The zero-order valence-corrected chi connectivity index (χ0v) is 15.9. The second-order valence-corrected chi connectivity index (χ2v) is 7.26. The van der Waals surface area contributed by atoms with Crippen molar-refractivity contribution in [2.75, 3.05) is 44.8 Å². The summed E-state index contributed by atoms with van der Waals surface area (Å²) in [6.07, 6.45) is 2.46. The third kappa shape index (κ3) is 4.30. The number of rotatable bonds is 6. The number of ether oxygens (including phenoxy) is 3. The molecule has 2 aliphatic rings. The van der Waals surface area contributed by atoms with E-state index in [1.165, 1.54) is 18.5 Å². The summed E-state index contributed by atoms with van der Waals surface area (Å²) in [7, 11) is 1.74. The first kappa shape index (κ1) is 18.0. The van der Waals surface area contributed by atoms with E-state index in [1.807, 2.05) is 36.4 Å². The lowest BCUT2D eigenvalue weighted by atomic mass is 9.96. The SMILES string of the molecule is COc1ccccc1N1CCC(CNC[C@H]2COc3ccccc3O2)CC1. The van der Waals surface area contributed by atoms with Crippen molar-refractivity contribution < 1.29 is 14.2 Å². The van der Waals surface area contributed by atoms with Gasteiger partial charge in [0, 0.05) is 19.6 Å². The van der Waals surface area contributed by atoms with Crippen LogP contribution in [-0.4, -0.2) is 46.0 Å². The normalized spacial score (nSPS) is 19.7. The number of nitrogens with one attached hydrogen (secondary N) is 1. The molecule has 0 radical (unpaired) electrons. The fourth-order valence-corrected chi connectivity index (χ4v) is 3.88. The van der Waals surface area contributed by atoms with Crippen LogP contribution in [0.1, 0.15) is 12.8 Å². The molecular weight excluding hydrogens is 340 g/mol. The minimum atomic E-state index is 0.0774. The van der Waals surface area contributed by atoms with Crippen molar-refractivity contribution in [3.8, 4) is 17.2 Å². The molecule has 2 aromatic rings. The first-order chi connectivity index (χ1) is 13.3. The van der Waals surface area contributed by atoms with Gasteiger partial charge in [-0.1, -0.05) is 24.3 Å². The maximum atomic E-state index is 6.01. The molecule has 2 heterocycles. The molecule has 1 N–H and O–H groups in total. The third-order valence-electron chi connectivity index (χ3n) is 5.41. The molecule has 2 aliphatic heterocycles. The van der Waals surface area contributed by atoms with Crippen LogP contribution in [0.2, 0.25) is 0 Å². The predicted octanol–water partition coefficient (Wildman–Crippen LogP) is 3.34. The zero-order chi connectivity index (χ0) is 18.5. The molecule has 4 rings (SSSR count). The van der Waals surface area contributed by atoms with E-state index in [9.17, 15) is 0 Å². The molecule has 1 saturated heterocycles. The van der Waals surface area contributed by atoms with Gasteiger partial charge in [0.2, 0.25) is 0 Å². The Hall–Kier alpha value is -2.40. The van der Waals surface area contributed by atoms with Crippen molar-refractivity contribution in [3.05, 3.63) is 48.5 Å². The van der Waals surface area contributed by atoms with Crippen LogP contribution < -0.4 is 24.4 Å². The minimum Gasteiger partial charge on any atom is -0.495 e. The smallest absolute Gasteiger partial charge is 0.161 e. The number of piperidine rings is 1. The molecular formula is C22H28N2O3. The first-order valence-corrected chi connectivity index (χ1v) is 9.80. The Balaban J connectivity index is 1.20. The second-order valence-electron chi connectivity index (χ2n) is 7.26. The highest BCUT2D eigenvalue weighted by Gasteiger charge is 2.23. The molecule has 144 valence electrons. The van der Waals surface area contributed by atoms with Crippen LogP contribution in [0.5, 0.6) is 17.2 Å². The van der Waals surface area contributed by atoms with Crippen LogP contribution in [0.4, 0.5) is 5.69 Å². The maximum absolute atomic E-state index is 6.01. The van der Waals surface area contributed by atoms with E-state index >= 15 is 0 Å². The molecule has 0 amide bonds. The Morgan fingerprint density at radius 2 is 1.74 bits per heavy atom. The Labute approximate surface area is 161 Å². The molecule has 2 aromatic carbocycles. The number of benzene rings is 2. The van der Waals surface area contributed by atoms with Gasteiger partial charge >= 0.3 is 0 Å². The van der Waals surface area contributed by atoms with E-state index < -0.39 is 0 Å². The van der Waals surface area contributed by atoms with Gasteiger partial charge in [-0.15, -0.1) is 0 Å². The monoisotopic (exact) mass is 368 g/mol. The molecule has 0 bridgehead atoms. The minimum absolute atomic E-state index is 0.0774. The molecule has 0 unspecified atom stereocenters. The van der Waals surface area contributed by atoms with Crippen LogP contribution in [0.3, 0.4) is 0 Å². The van der Waals surface area contributed by atoms with Gasteiger partial charge in [-0.2, -0.15) is 0 Å². The lowest BCUT2D eigenvalue weighted by molar-refractivity contribution is 0.0894. The van der Waals surface area contributed by atoms with Gasteiger partial charge in [-0.25, -0.2) is 0 Å². The topological polar surface area (TPSA) is 43.0 Å². The Kier molecular flexibility index (Phi) is 5.68. The molecule has 1 atom stereocenters. The largest absolute Gasteiger partial charge is 0.495 e. The number of hydrogen-bond acceptors (Lipinski definition) is 5. The fraction of sp³-hybridized carbons (Fsp3) is 0.455. The van der Waals surface area contributed by atoms with Gasteiger partial charge in [-0.3, -0.25) is 0 Å². The molecule has 27 heavy (non-hydrogen) atoms. The maximum Gasteiger partial charge on any atom is 0.161 e. The predicted molar refractivity (Wildman–Crippen MR) is 107 cm³/mol. The summed E-state index contributed by atoms with van der Waals surface area (Å²) in [6.45, 7) is 4.60. The highest BCUT2D eigenvalue weighted by molar-refractivity contribution is 5.58. The van der Waals surface area contributed by atoms with Crippen molar-refractivity contribution >= 4 is 5.69 Å². The van der Waals surface area contributed by atoms with Crippen molar-refractivity contribution in [2.24, 2.45) is 5.92 Å². The standard InChI is InChI=1S/C22H28N2O3/c1-25-20-7-3-2-6-19(20)24-12-10-17(11-13-24)14-23-15-18-16-26-21-8-4-5-9-22(21)27-18/h2-9,17-18,23H,10-16H2,1H3/t18-/m0/s1. The van der Waals surface area contributed by atoms with Crippen molar-refractivity contribution in [3.63, 3.8) is 0 Å². The molecule has 0 spiro atoms. The lowest BCUT2D eigenvalue weighted by Gasteiger charge is -2.34. The highest BCUT2D eigenvalue weighted by atomic mass is 16.6. The molecule has 5 heteroatoms. The van der Waals surface area contributed by atoms with Crippen LogP contribution in [0.25, 0.3) is 0 Å². The van der Waals surface area contributed by atoms with E-state index in [1.54, 1.807) is 7.11 Å². The summed E-state index contributed by atoms with van der Waals surface area (Å²) >= 11 is 0. The van der Waals surface area contributed by atoms with Gasteiger partial charge in [-0.05, 0) is 49.6 Å². The average molecular weight is 368 g/mol. The van der Waals surface area contributed by atoms with Gasteiger partial charge in [0.25, 0.3) is 0 Å². The van der Waals surface area contributed by atoms with Crippen LogP contribution in [0.15, 0.2) is 48.5 Å². The van der Waals surface area contributed by atoms with Gasteiger partial charge in [0.05, 0.1) is 12.8 Å². The van der Waals surface area contributed by atoms with Crippen LogP contribution in [0, 0.1) is 5.92 Å². The summed E-state index contributed by atoms with van der Waals surface area (Å²) in [4.78, 5) is 2.43. The van der Waals surface area contributed by atoms with Crippen LogP contribution >= 0.6 is 0 Å². The number of hydrogen-bond donors (Lipinski definition) is 1. The summed E-state index contributed by atoms with van der Waals surface area (Å²) in [5.74, 6) is 3.36. The van der Waals surface area contributed by atoms with E-state index in [2.05, 4.69) is 22.3 Å². The molecule has 0 aromatic heterocycles. The number of fused-ring (bicyclic) bond motifs is 1. The van der Waals surface area contributed by atoms with E-state index in [0.29, 0.717) is 12.5 Å². The molecule has 0 aliphatic carbocycles. The van der Waals surface area contributed by atoms with Crippen molar-refractivity contribution in [1.82, 2.24) is 5.32 Å². The molecule has 5 nitrogen and oxygen atoms in total. The third-order valence-corrected chi connectivity index (χ3v) is 5.41. The Morgan fingerprint density at radius 3 is 2.56 bits per heavy atom. The number of nitrogens with zero attached hydrogens (tertiary/aromatic N) is 1. The first-order valence-electron chi connectivity index (χ1n) is 9.80. The highest BCUT2D eigenvalue weighted by Crippen LogP contribution is 2.32. The summed E-state index contributed by atoms with van der Waals surface area (Å²) in [6, 6.07) is 16.2.